The molecule has 0 atom stereocenters. The van der Waals surface area contributed by atoms with E-state index in [0.29, 0.717) is 5.11 Å². The normalized spacial score (nSPS) is 10.3. The van der Waals surface area contributed by atoms with E-state index in [-0.39, 0.29) is 0 Å². The van der Waals surface area contributed by atoms with Crippen LogP contribution >= 0.6 is 12.2 Å². The molecule has 0 aliphatic carbocycles. The summed E-state index contributed by atoms with van der Waals surface area (Å²) in [6.45, 7) is 9.14. The van der Waals surface area contributed by atoms with Crippen molar-refractivity contribution in [2.45, 2.75) is 27.2 Å². The highest BCUT2D eigenvalue weighted by molar-refractivity contribution is 7.80. The second kappa shape index (κ2) is 9.23. The van der Waals surface area contributed by atoms with Gasteiger partial charge in [0.15, 0.2) is 5.11 Å². The zero-order chi connectivity index (χ0) is 17.4. The van der Waals surface area contributed by atoms with Crippen LogP contribution < -0.4 is 15.5 Å². The number of hydrogen-bond donors (Lipinski definition) is 2. The molecule has 2 rings (SSSR count). The molecule has 0 fully saturated rings. The summed E-state index contributed by atoms with van der Waals surface area (Å²) >= 11 is 5.34. The van der Waals surface area contributed by atoms with Crippen molar-refractivity contribution in [2.75, 3.05) is 29.9 Å². The van der Waals surface area contributed by atoms with Gasteiger partial charge in [-0.05, 0) is 63.2 Å². The summed E-state index contributed by atoms with van der Waals surface area (Å²) in [7, 11) is 0. The number of hydrogen-bond acceptors (Lipinski definition) is 3. The van der Waals surface area contributed by atoms with Crippen molar-refractivity contribution >= 4 is 28.8 Å². The van der Waals surface area contributed by atoms with E-state index in [2.05, 4.69) is 58.6 Å². The Labute approximate surface area is 150 Å². The molecule has 0 aliphatic rings. The zero-order valence-corrected chi connectivity index (χ0v) is 15.5. The summed E-state index contributed by atoms with van der Waals surface area (Å²) < 4.78 is 0. The number of anilines is 2. The van der Waals surface area contributed by atoms with Crippen molar-refractivity contribution < 1.29 is 0 Å². The fourth-order valence-corrected chi connectivity index (χ4v) is 2.66. The Kier molecular flexibility index (Phi) is 7.00. The summed E-state index contributed by atoms with van der Waals surface area (Å²) in [4.78, 5) is 6.66. The minimum absolute atomic E-state index is 0.621. The van der Waals surface area contributed by atoms with E-state index in [1.54, 1.807) is 6.20 Å². The van der Waals surface area contributed by atoms with Crippen molar-refractivity contribution in [3.63, 3.8) is 0 Å². The molecule has 4 nitrogen and oxygen atoms in total. The van der Waals surface area contributed by atoms with Crippen LogP contribution in [0.4, 0.5) is 11.5 Å². The minimum atomic E-state index is 0.621. The molecule has 0 saturated carbocycles. The highest BCUT2D eigenvalue weighted by atomic mass is 32.1. The van der Waals surface area contributed by atoms with Crippen molar-refractivity contribution in [3.05, 3.63) is 53.7 Å². The van der Waals surface area contributed by atoms with E-state index >= 15 is 0 Å². The molecule has 0 radical (unpaired) electrons. The zero-order valence-electron chi connectivity index (χ0n) is 14.7. The molecule has 0 unspecified atom stereocenters. The van der Waals surface area contributed by atoms with Crippen LogP contribution in [-0.2, 0) is 0 Å². The fraction of sp³-hybridized carbons (Fsp3) is 0.368. The number of aromatic nitrogens is 1. The standard InChI is InChI=1S/C19H26N4S/c1-4-23(17-10-8-15(2)9-11-17)14-6-13-21-19(24)22-18-16(3)7-5-12-20-18/h5,7-12H,4,6,13-14H2,1-3H3,(H2,20,21,22,24). The topological polar surface area (TPSA) is 40.2 Å². The van der Waals surface area contributed by atoms with Gasteiger partial charge in [0.1, 0.15) is 5.82 Å². The van der Waals surface area contributed by atoms with Gasteiger partial charge in [0.2, 0.25) is 0 Å². The third-order valence-electron chi connectivity index (χ3n) is 3.91. The molecule has 2 N–H and O–H groups in total. The lowest BCUT2D eigenvalue weighted by Crippen LogP contribution is -2.32. The van der Waals surface area contributed by atoms with Crippen molar-refractivity contribution in [2.24, 2.45) is 0 Å². The van der Waals surface area contributed by atoms with Gasteiger partial charge in [0.25, 0.3) is 0 Å². The maximum atomic E-state index is 5.34. The van der Waals surface area contributed by atoms with Crippen LogP contribution in [0.2, 0.25) is 0 Å². The summed E-state index contributed by atoms with van der Waals surface area (Å²) in [5.74, 6) is 0.810. The van der Waals surface area contributed by atoms with Gasteiger partial charge in [-0.25, -0.2) is 4.98 Å². The van der Waals surface area contributed by atoms with Gasteiger partial charge >= 0.3 is 0 Å². The third-order valence-corrected chi connectivity index (χ3v) is 4.16. The smallest absolute Gasteiger partial charge is 0.171 e. The number of benzene rings is 1. The number of aryl methyl sites for hydroxylation is 2. The second-order valence-electron chi connectivity index (χ2n) is 5.82. The Morgan fingerprint density at radius 2 is 1.92 bits per heavy atom. The molecular formula is C19H26N4S. The fourth-order valence-electron chi connectivity index (χ4n) is 2.47. The van der Waals surface area contributed by atoms with Crippen LogP contribution in [0.1, 0.15) is 24.5 Å². The lowest BCUT2D eigenvalue weighted by Gasteiger charge is -2.23. The summed E-state index contributed by atoms with van der Waals surface area (Å²) in [6.07, 6.45) is 2.78. The second-order valence-corrected chi connectivity index (χ2v) is 6.23. The van der Waals surface area contributed by atoms with Gasteiger partial charge < -0.3 is 15.5 Å². The van der Waals surface area contributed by atoms with E-state index in [9.17, 15) is 0 Å². The quantitative estimate of drug-likeness (QED) is 0.590. The van der Waals surface area contributed by atoms with Crippen LogP contribution in [-0.4, -0.2) is 29.7 Å². The van der Waals surface area contributed by atoms with E-state index in [1.807, 2.05) is 19.1 Å². The van der Waals surface area contributed by atoms with Crippen LogP contribution in [0, 0.1) is 13.8 Å². The monoisotopic (exact) mass is 342 g/mol. The highest BCUT2D eigenvalue weighted by Crippen LogP contribution is 2.15. The van der Waals surface area contributed by atoms with Crippen molar-refractivity contribution in [3.8, 4) is 0 Å². The first-order valence-corrected chi connectivity index (χ1v) is 8.79. The maximum Gasteiger partial charge on any atom is 0.171 e. The Balaban J connectivity index is 1.74. The number of pyridine rings is 1. The molecule has 1 aromatic heterocycles. The van der Waals surface area contributed by atoms with Gasteiger partial charge in [-0.3, -0.25) is 0 Å². The Morgan fingerprint density at radius 1 is 1.17 bits per heavy atom. The van der Waals surface area contributed by atoms with Crippen molar-refractivity contribution in [1.82, 2.24) is 10.3 Å². The van der Waals surface area contributed by atoms with Crippen LogP contribution in [0.15, 0.2) is 42.6 Å². The predicted molar refractivity (Wildman–Crippen MR) is 107 cm³/mol. The molecular weight excluding hydrogens is 316 g/mol. The van der Waals surface area contributed by atoms with E-state index < -0.39 is 0 Å². The molecule has 1 heterocycles. The summed E-state index contributed by atoms with van der Waals surface area (Å²) in [5, 5.41) is 7.02. The molecule has 24 heavy (non-hydrogen) atoms. The predicted octanol–water partition coefficient (Wildman–Crippen LogP) is 3.90. The molecule has 1 aromatic carbocycles. The van der Waals surface area contributed by atoms with Gasteiger partial charge in [-0.15, -0.1) is 0 Å². The lowest BCUT2D eigenvalue weighted by molar-refractivity contribution is 0.726. The average molecular weight is 343 g/mol. The molecule has 0 aliphatic heterocycles. The maximum absolute atomic E-state index is 5.34. The van der Waals surface area contributed by atoms with Gasteiger partial charge in [-0.2, -0.15) is 0 Å². The first-order chi connectivity index (χ1) is 11.6. The molecule has 0 bridgehead atoms. The van der Waals surface area contributed by atoms with Crippen molar-refractivity contribution in [1.29, 1.82) is 0 Å². The van der Waals surface area contributed by atoms with Crippen LogP contribution in [0.3, 0.4) is 0 Å². The Morgan fingerprint density at radius 3 is 2.58 bits per heavy atom. The molecule has 5 heteroatoms. The third kappa shape index (κ3) is 5.49. The molecule has 128 valence electrons. The first-order valence-electron chi connectivity index (χ1n) is 8.38. The largest absolute Gasteiger partial charge is 0.372 e. The summed E-state index contributed by atoms with van der Waals surface area (Å²) in [6, 6.07) is 12.6. The highest BCUT2D eigenvalue weighted by Gasteiger charge is 2.05. The molecule has 0 saturated heterocycles. The molecule has 0 spiro atoms. The molecule has 0 amide bonds. The van der Waals surface area contributed by atoms with Crippen LogP contribution in [0.5, 0.6) is 0 Å². The average Bonchev–Trinajstić information content (AvgIpc) is 2.58. The number of nitrogens with one attached hydrogen (secondary N) is 2. The number of rotatable bonds is 7. The van der Waals surface area contributed by atoms with Gasteiger partial charge in [-0.1, -0.05) is 23.8 Å². The number of nitrogens with zero attached hydrogens (tertiary/aromatic N) is 2. The minimum Gasteiger partial charge on any atom is -0.372 e. The van der Waals surface area contributed by atoms with Gasteiger partial charge in [0.05, 0.1) is 0 Å². The number of thiocarbonyl (C=S) groups is 1. The Hall–Kier alpha value is -2.14. The SMILES string of the molecule is CCN(CCCNC(=S)Nc1ncccc1C)c1ccc(C)cc1. The summed E-state index contributed by atoms with van der Waals surface area (Å²) in [5.41, 5.74) is 3.64. The van der Waals surface area contributed by atoms with E-state index in [0.717, 1.165) is 37.4 Å². The van der Waals surface area contributed by atoms with E-state index in [4.69, 9.17) is 12.2 Å². The Bertz CT molecular complexity index is 655. The lowest BCUT2D eigenvalue weighted by atomic mass is 10.2. The first kappa shape index (κ1) is 18.2. The van der Waals surface area contributed by atoms with E-state index in [1.165, 1.54) is 11.3 Å². The molecule has 2 aromatic rings. The van der Waals surface area contributed by atoms with Crippen LogP contribution in [0.25, 0.3) is 0 Å². The van der Waals surface area contributed by atoms with Gasteiger partial charge in [0, 0.05) is 31.5 Å².